The van der Waals surface area contributed by atoms with E-state index < -0.39 is 0 Å². The average Bonchev–Trinajstić information content (AvgIpc) is 2.62. The van der Waals surface area contributed by atoms with Gasteiger partial charge in [0.25, 0.3) is 0 Å². The van der Waals surface area contributed by atoms with Crippen molar-refractivity contribution in [2.75, 3.05) is 7.05 Å². The van der Waals surface area contributed by atoms with Crippen LogP contribution in [0.25, 0.3) is 0 Å². The van der Waals surface area contributed by atoms with Crippen LogP contribution in [0.4, 0.5) is 0 Å². The molecule has 1 saturated carbocycles. The molecule has 10 heavy (non-hydrogen) atoms. The number of fused-ring (bicyclic) bond motifs is 1. The normalized spacial score (nSPS) is 45.2. The van der Waals surface area contributed by atoms with Crippen LogP contribution in [-0.2, 0) is 4.79 Å². The maximum Gasteiger partial charge on any atom is 0.226 e. The van der Waals surface area contributed by atoms with Gasteiger partial charge in [-0.3, -0.25) is 4.79 Å². The highest BCUT2D eigenvalue weighted by atomic mass is 32.1. The molecule has 56 valence electrons. The van der Waals surface area contributed by atoms with E-state index in [1.807, 2.05) is 7.05 Å². The van der Waals surface area contributed by atoms with E-state index in [1.165, 1.54) is 0 Å². The van der Waals surface area contributed by atoms with Crippen LogP contribution in [0.1, 0.15) is 12.8 Å². The molecular formula is C7H11NOS. The van der Waals surface area contributed by atoms with Crippen LogP contribution in [0.15, 0.2) is 0 Å². The summed E-state index contributed by atoms with van der Waals surface area (Å²) in [6, 6.07) is 0. The Hall–Kier alpha value is -0.180. The van der Waals surface area contributed by atoms with Gasteiger partial charge in [-0.2, -0.15) is 12.6 Å². The molecule has 2 rings (SSSR count). The molecule has 2 aliphatic rings. The molecule has 0 aromatic heterocycles. The molecule has 3 unspecified atom stereocenters. The van der Waals surface area contributed by atoms with Gasteiger partial charge in [0.2, 0.25) is 5.91 Å². The number of hydrogen-bond donors (Lipinski definition) is 1. The van der Waals surface area contributed by atoms with Crippen LogP contribution in [0.5, 0.6) is 0 Å². The second-order valence-electron chi connectivity index (χ2n) is 3.27. The third-order valence-electron chi connectivity index (χ3n) is 2.55. The largest absolute Gasteiger partial charge is 0.334 e. The lowest BCUT2D eigenvalue weighted by Crippen LogP contribution is -2.38. The lowest BCUT2D eigenvalue weighted by molar-refractivity contribution is -0.133. The zero-order valence-electron chi connectivity index (χ0n) is 5.95. The summed E-state index contributed by atoms with van der Waals surface area (Å²) in [6.45, 7) is 0. The molecule has 1 heterocycles. The van der Waals surface area contributed by atoms with Crippen molar-refractivity contribution >= 4 is 18.5 Å². The Balaban J connectivity index is 2.14. The fraction of sp³-hybridized carbons (Fsp3) is 0.857. The number of thiol groups is 1. The van der Waals surface area contributed by atoms with Gasteiger partial charge in [0, 0.05) is 13.0 Å². The summed E-state index contributed by atoms with van der Waals surface area (Å²) in [5, 5.41) is 0.177. The van der Waals surface area contributed by atoms with Gasteiger partial charge < -0.3 is 4.90 Å². The first-order valence-corrected chi connectivity index (χ1v) is 4.16. The second kappa shape index (κ2) is 1.91. The van der Waals surface area contributed by atoms with Crippen LogP contribution in [0, 0.1) is 11.8 Å². The van der Waals surface area contributed by atoms with E-state index >= 15 is 0 Å². The van der Waals surface area contributed by atoms with Crippen molar-refractivity contribution in [3.05, 3.63) is 0 Å². The zero-order valence-corrected chi connectivity index (χ0v) is 6.84. The van der Waals surface area contributed by atoms with Gasteiger partial charge >= 0.3 is 0 Å². The lowest BCUT2D eigenvalue weighted by Gasteiger charge is -2.28. The molecule has 1 amide bonds. The molecule has 2 fully saturated rings. The van der Waals surface area contributed by atoms with Crippen molar-refractivity contribution in [2.45, 2.75) is 18.2 Å². The number of nitrogens with zero attached hydrogens (tertiary/aromatic N) is 1. The first-order valence-electron chi connectivity index (χ1n) is 3.65. The molecule has 0 aromatic carbocycles. The number of likely N-dealkylation sites (tertiary alicyclic amines) is 1. The van der Waals surface area contributed by atoms with Gasteiger partial charge in [0.05, 0.1) is 5.37 Å². The quantitative estimate of drug-likeness (QED) is 0.514. The van der Waals surface area contributed by atoms with Crippen LogP contribution >= 0.6 is 12.6 Å². The summed E-state index contributed by atoms with van der Waals surface area (Å²) in [7, 11) is 1.84. The fourth-order valence-corrected chi connectivity index (χ4v) is 2.03. The van der Waals surface area contributed by atoms with E-state index in [2.05, 4.69) is 12.6 Å². The maximum absolute atomic E-state index is 11.3. The topological polar surface area (TPSA) is 20.3 Å². The van der Waals surface area contributed by atoms with E-state index in [1.54, 1.807) is 4.90 Å². The summed E-state index contributed by atoms with van der Waals surface area (Å²) in [5.74, 6) is 1.34. The summed E-state index contributed by atoms with van der Waals surface area (Å²) >= 11 is 4.31. The monoisotopic (exact) mass is 157 g/mol. The van der Waals surface area contributed by atoms with E-state index in [4.69, 9.17) is 0 Å². The number of hydrogen-bond acceptors (Lipinski definition) is 2. The lowest BCUT2D eigenvalue weighted by atomic mass is 10.1. The van der Waals surface area contributed by atoms with Gasteiger partial charge in [0.1, 0.15) is 0 Å². The minimum absolute atomic E-state index is 0.177. The van der Waals surface area contributed by atoms with Crippen LogP contribution in [0.2, 0.25) is 0 Å². The summed E-state index contributed by atoms with van der Waals surface area (Å²) in [6.07, 6.45) is 2.20. The van der Waals surface area contributed by atoms with Crippen molar-refractivity contribution < 1.29 is 4.79 Å². The summed E-state index contributed by atoms with van der Waals surface area (Å²) in [5.41, 5.74) is 0. The molecular weight excluding hydrogens is 146 g/mol. The first kappa shape index (κ1) is 6.53. The Bertz CT molecular complexity index is 182. The molecule has 0 radical (unpaired) electrons. The first-order chi connectivity index (χ1) is 4.70. The molecule has 0 N–H and O–H groups in total. The Kier molecular flexibility index (Phi) is 1.24. The van der Waals surface area contributed by atoms with E-state index in [9.17, 15) is 4.79 Å². The number of carbonyl (C=O) groups excluding carboxylic acids is 1. The Labute approximate surface area is 66.0 Å². The van der Waals surface area contributed by atoms with E-state index in [0.717, 1.165) is 12.8 Å². The molecule has 2 nitrogen and oxygen atoms in total. The molecule has 1 aliphatic carbocycles. The van der Waals surface area contributed by atoms with Crippen molar-refractivity contribution in [2.24, 2.45) is 11.8 Å². The third-order valence-corrected chi connectivity index (χ3v) is 3.11. The van der Waals surface area contributed by atoms with Crippen LogP contribution in [-0.4, -0.2) is 23.2 Å². The zero-order chi connectivity index (χ0) is 7.30. The van der Waals surface area contributed by atoms with Crippen molar-refractivity contribution in [3.63, 3.8) is 0 Å². The predicted octanol–water partition coefficient (Wildman–Crippen LogP) is 0.740. The Morgan fingerprint density at radius 3 is 3.00 bits per heavy atom. The van der Waals surface area contributed by atoms with Crippen molar-refractivity contribution in [1.29, 1.82) is 0 Å². The average molecular weight is 157 g/mol. The molecule has 0 aromatic rings. The van der Waals surface area contributed by atoms with Crippen molar-refractivity contribution in [3.8, 4) is 0 Å². The summed E-state index contributed by atoms with van der Waals surface area (Å²) < 4.78 is 0. The van der Waals surface area contributed by atoms with Gasteiger partial charge in [0.15, 0.2) is 0 Å². The van der Waals surface area contributed by atoms with E-state index in [0.29, 0.717) is 17.7 Å². The number of rotatable bonds is 0. The number of piperidine rings is 1. The molecule has 1 saturated heterocycles. The Morgan fingerprint density at radius 2 is 2.30 bits per heavy atom. The van der Waals surface area contributed by atoms with Gasteiger partial charge in [-0.05, 0) is 18.8 Å². The fourth-order valence-electron chi connectivity index (χ4n) is 1.65. The molecule has 0 bridgehead atoms. The third kappa shape index (κ3) is 0.764. The predicted molar refractivity (Wildman–Crippen MR) is 41.8 cm³/mol. The highest BCUT2D eigenvalue weighted by Gasteiger charge is 2.49. The van der Waals surface area contributed by atoms with E-state index in [-0.39, 0.29) is 5.37 Å². The van der Waals surface area contributed by atoms with Crippen LogP contribution < -0.4 is 0 Å². The smallest absolute Gasteiger partial charge is 0.226 e. The van der Waals surface area contributed by atoms with Crippen LogP contribution in [0.3, 0.4) is 0 Å². The standard InChI is InChI=1S/C7H11NOS/c1-8-6(10)3-4-2-5(4)7(8)9/h4-6,10H,2-3H2,1H3. The SMILES string of the molecule is CN1C(=O)C2CC2CC1S. The van der Waals surface area contributed by atoms with Crippen molar-refractivity contribution in [1.82, 2.24) is 4.90 Å². The van der Waals surface area contributed by atoms with Gasteiger partial charge in [-0.25, -0.2) is 0 Å². The summed E-state index contributed by atoms with van der Waals surface area (Å²) in [4.78, 5) is 13.0. The molecule has 1 aliphatic heterocycles. The highest BCUT2D eigenvalue weighted by Crippen LogP contribution is 2.47. The number of amides is 1. The Morgan fingerprint density at radius 1 is 1.60 bits per heavy atom. The minimum Gasteiger partial charge on any atom is -0.334 e. The number of carbonyl (C=O) groups is 1. The molecule has 3 atom stereocenters. The van der Waals surface area contributed by atoms with Gasteiger partial charge in [-0.15, -0.1) is 0 Å². The minimum atomic E-state index is 0.177. The maximum atomic E-state index is 11.3. The molecule has 3 heteroatoms. The molecule has 0 spiro atoms. The highest BCUT2D eigenvalue weighted by molar-refractivity contribution is 7.80. The van der Waals surface area contributed by atoms with Gasteiger partial charge in [-0.1, -0.05) is 0 Å². The second-order valence-corrected chi connectivity index (χ2v) is 3.86.